The molecular weight excluding hydrogens is 416 g/mol. The van der Waals surface area contributed by atoms with Crippen LogP contribution in [-0.2, 0) is 6.54 Å². The zero-order valence-corrected chi connectivity index (χ0v) is 13.2. The molecule has 0 N–H and O–H groups in total. The Balaban J connectivity index is 2.38. The number of rotatable bonds is 2. The summed E-state index contributed by atoms with van der Waals surface area (Å²) in [4.78, 5) is 11.7. The largest absolute Gasteiger partial charge is 0.310 e. The lowest BCUT2D eigenvalue weighted by atomic mass is 10.2. The molecule has 0 aliphatic carbocycles. The normalized spacial score (nSPS) is 10.5. The van der Waals surface area contributed by atoms with E-state index in [1.54, 1.807) is 16.7 Å². The number of hydrogen-bond donors (Lipinski definition) is 0. The third-order valence-corrected chi connectivity index (χ3v) is 3.79. The van der Waals surface area contributed by atoms with Crippen molar-refractivity contribution >= 4 is 50.1 Å². The predicted molar refractivity (Wildman–Crippen MR) is 81.7 cm³/mol. The van der Waals surface area contributed by atoms with Crippen LogP contribution in [0.4, 0.5) is 0 Å². The summed E-state index contributed by atoms with van der Waals surface area (Å²) in [5, 5.41) is 0.658. The van der Waals surface area contributed by atoms with Gasteiger partial charge in [0.2, 0.25) is 0 Å². The maximum atomic E-state index is 11.7. The van der Waals surface area contributed by atoms with E-state index in [4.69, 9.17) is 11.6 Å². The number of nitrogens with zero attached hydrogens (tertiary/aromatic N) is 1. The van der Waals surface area contributed by atoms with E-state index in [1.165, 1.54) is 0 Å². The van der Waals surface area contributed by atoms with E-state index in [0.717, 1.165) is 13.6 Å². The van der Waals surface area contributed by atoms with Gasteiger partial charge in [-0.05, 0) is 46.4 Å². The molecule has 0 amide bonds. The van der Waals surface area contributed by atoms with Crippen molar-refractivity contribution in [3.63, 3.8) is 0 Å². The summed E-state index contributed by atoms with van der Waals surface area (Å²) in [6, 6.07) is 9.02. The first-order valence-corrected chi connectivity index (χ1v) is 7.11. The van der Waals surface area contributed by atoms with Crippen molar-refractivity contribution in [2.45, 2.75) is 6.54 Å². The minimum Gasteiger partial charge on any atom is -0.310 e. The summed E-state index contributed by atoms with van der Waals surface area (Å²) in [6.45, 7) is 0.488. The van der Waals surface area contributed by atoms with Crippen molar-refractivity contribution in [3.05, 3.63) is 65.5 Å². The van der Waals surface area contributed by atoms with E-state index in [2.05, 4.69) is 38.5 Å². The fourth-order valence-electron chi connectivity index (χ4n) is 1.46. The van der Waals surface area contributed by atoms with Crippen molar-refractivity contribution in [1.82, 2.24) is 4.57 Å². The van der Waals surface area contributed by atoms with Crippen molar-refractivity contribution in [2.24, 2.45) is 0 Å². The average molecular weight is 424 g/mol. The second-order valence-corrected chi connectivity index (χ2v) is 6.12. The highest BCUT2D eigenvalue weighted by Gasteiger charge is 2.03. The van der Waals surface area contributed by atoms with Crippen molar-refractivity contribution in [3.8, 4) is 0 Å². The Labute approximate surface area is 126 Å². The number of halogens is 3. The zero-order chi connectivity index (χ0) is 12.4. The van der Waals surface area contributed by atoms with Crippen LogP contribution in [-0.4, -0.2) is 4.57 Å². The summed E-state index contributed by atoms with van der Waals surface area (Å²) in [7, 11) is 0. The van der Waals surface area contributed by atoms with Crippen molar-refractivity contribution in [1.29, 1.82) is 0 Å². The van der Waals surface area contributed by atoms with Gasteiger partial charge in [0.15, 0.2) is 0 Å². The Bertz CT molecular complexity index is 612. The summed E-state index contributed by atoms with van der Waals surface area (Å²) in [5.74, 6) is 0. The van der Waals surface area contributed by atoms with E-state index >= 15 is 0 Å². The molecule has 0 spiro atoms. The molecule has 0 unspecified atom stereocenters. The number of hydrogen-bond acceptors (Lipinski definition) is 1. The van der Waals surface area contributed by atoms with Gasteiger partial charge < -0.3 is 4.57 Å². The first-order chi connectivity index (χ1) is 8.06. The lowest BCUT2D eigenvalue weighted by Crippen LogP contribution is -2.19. The quantitative estimate of drug-likeness (QED) is 0.670. The number of pyridine rings is 1. The van der Waals surface area contributed by atoms with Gasteiger partial charge in [-0.3, -0.25) is 4.79 Å². The van der Waals surface area contributed by atoms with Gasteiger partial charge in [0.05, 0.1) is 6.54 Å². The predicted octanol–water partition coefficient (Wildman–Crippen LogP) is 3.92. The third kappa shape index (κ3) is 3.33. The Kier molecular flexibility index (Phi) is 4.27. The standard InChI is InChI=1S/C12H8BrClINO/c13-9-2-1-8(11(14)5-9)6-16-7-10(15)3-4-12(16)17/h1-5,7H,6H2. The molecule has 88 valence electrons. The van der Waals surface area contributed by atoms with Crippen LogP contribution >= 0.6 is 50.1 Å². The maximum Gasteiger partial charge on any atom is 0.250 e. The second kappa shape index (κ2) is 5.54. The molecule has 5 heteroatoms. The minimum absolute atomic E-state index is 0.0237. The first kappa shape index (κ1) is 13.1. The Morgan fingerprint density at radius 2 is 2.06 bits per heavy atom. The zero-order valence-electron chi connectivity index (χ0n) is 8.66. The molecule has 0 saturated carbocycles. The molecule has 2 aromatic rings. The van der Waals surface area contributed by atoms with Gasteiger partial charge >= 0.3 is 0 Å². The number of benzene rings is 1. The summed E-state index contributed by atoms with van der Waals surface area (Å²) in [6.07, 6.45) is 1.82. The molecule has 17 heavy (non-hydrogen) atoms. The molecule has 0 atom stereocenters. The summed E-state index contributed by atoms with van der Waals surface area (Å²) in [5.41, 5.74) is 0.906. The molecule has 0 saturated heterocycles. The molecule has 0 aliphatic rings. The van der Waals surface area contributed by atoms with Gasteiger partial charge in [-0.2, -0.15) is 0 Å². The van der Waals surface area contributed by atoms with E-state index in [-0.39, 0.29) is 5.56 Å². The highest BCUT2D eigenvalue weighted by molar-refractivity contribution is 14.1. The second-order valence-electron chi connectivity index (χ2n) is 3.55. The van der Waals surface area contributed by atoms with Crippen LogP contribution in [0.2, 0.25) is 5.02 Å². The van der Waals surface area contributed by atoms with E-state index in [0.29, 0.717) is 11.6 Å². The topological polar surface area (TPSA) is 22.0 Å². The molecule has 0 radical (unpaired) electrons. The molecule has 1 aromatic heterocycles. The summed E-state index contributed by atoms with van der Waals surface area (Å²) < 4.78 is 3.60. The van der Waals surface area contributed by atoms with Gasteiger partial charge in [-0.1, -0.05) is 33.6 Å². The van der Waals surface area contributed by atoms with Crippen LogP contribution in [0.25, 0.3) is 0 Å². The van der Waals surface area contributed by atoms with E-state index in [1.807, 2.05) is 24.4 Å². The van der Waals surface area contributed by atoms with Crippen molar-refractivity contribution < 1.29 is 0 Å². The fraction of sp³-hybridized carbons (Fsp3) is 0.0833. The van der Waals surface area contributed by atoms with E-state index in [9.17, 15) is 4.79 Å². The van der Waals surface area contributed by atoms with Crippen LogP contribution in [0.5, 0.6) is 0 Å². The average Bonchev–Trinajstić information content (AvgIpc) is 2.27. The summed E-state index contributed by atoms with van der Waals surface area (Å²) >= 11 is 11.7. The smallest absolute Gasteiger partial charge is 0.250 e. The van der Waals surface area contributed by atoms with Gasteiger partial charge in [0.1, 0.15) is 0 Å². The number of aromatic nitrogens is 1. The molecule has 1 heterocycles. The Hall–Kier alpha value is -0.330. The van der Waals surface area contributed by atoms with Gasteiger partial charge in [-0.15, -0.1) is 0 Å². The van der Waals surface area contributed by atoms with Crippen LogP contribution in [0.1, 0.15) is 5.56 Å². The van der Waals surface area contributed by atoms with Crippen LogP contribution in [0.15, 0.2) is 45.8 Å². The molecular formula is C12H8BrClINO. The molecule has 0 fully saturated rings. The van der Waals surface area contributed by atoms with Crippen LogP contribution in [0.3, 0.4) is 0 Å². The van der Waals surface area contributed by atoms with Gasteiger partial charge in [0.25, 0.3) is 5.56 Å². The van der Waals surface area contributed by atoms with Crippen LogP contribution in [0, 0.1) is 3.57 Å². The Morgan fingerprint density at radius 3 is 2.76 bits per heavy atom. The van der Waals surface area contributed by atoms with Crippen LogP contribution < -0.4 is 5.56 Å². The molecule has 1 aromatic carbocycles. The SMILES string of the molecule is O=c1ccc(I)cn1Cc1ccc(Br)cc1Cl. The maximum absolute atomic E-state index is 11.7. The van der Waals surface area contributed by atoms with E-state index < -0.39 is 0 Å². The van der Waals surface area contributed by atoms with Gasteiger partial charge in [0, 0.05) is 25.3 Å². The highest BCUT2D eigenvalue weighted by atomic mass is 127. The lowest BCUT2D eigenvalue weighted by molar-refractivity contribution is 0.756. The van der Waals surface area contributed by atoms with Gasteiger partial charge in [-0.25, -0.2) is 0 Å². The third-order valence-electron chi connectivity index (χ3n) is 2.30. The molecule has 2 nitrogen and oxygen atoms in total. The molecule has 0 bridgehead atoms. The fourth-order valence-corrected chi connectivity index (χ4v) is 2.71. The molecule has 0 aliphatic heterocycles. The monoisotopic (exact) mass is 423 g/mol. The minimum atomic E-state index is -0.0237. The lowest BCUT2D eigenvalue weighted by Gasteiger charge is -2.08. The Morgan fingerprint density at radius 1 is 1.29 bits per heavy atom. The molecule has 2 rings (SSSR count). The highest BCUT2D eigenvalue weighted by Crippen LogP contribution is 2.21. The van der Waals surface area contributed by atoms with Crippen molar-refractivity contribution in [2.75, 3.05) is 0 Å². The first-order valence-electron chi connectivity index (χ1n) is 4.86.